The molecule has 1 aliphatic heterocycles. The molecule has 1 saturated heterocycles. The van der Waals surface area contributed by atoms with E-state index in [-0.39, 0.29) is 5.91 Å². The van der Waals surface area contributed by atoms with Crippen LogP contribution in [0.4, 0.5) is 5.69 Å². The Kier molecular flexibility index (Phi) is 4.28. The number of aryl methyl sites for hydroxylation is 2. The van der Waals surface area contributed by atoms with Crippen LogP contribution in [0.15, 0.2) is 12.1 Å². The van der Waals surface area contributed by atoms with E-state index in [1.165, 1.54) is 11.1 Å². The molecule has 4 heteroatoms. The van der Waals surface area contributed by atoms with Gasteiger partial charge in [-0.1, -0.05) is 6.07 Å². The van der Waals surface area contributed by atoms with Gasteiger partial charge in [-0.2, -0.15) is 0 Å². The van der Waals surface area contributed by atoms with E-state index in [1.807, 2.05) is 11.8 Å². The first kappa shape index (κ1) is 15.8. The second-order valence-electron chi connectivity index (χ2n) is 6.85. The molecule has 116 valence electrons. The van der Waals surface area contributed by atoms with Gasteiger partial charge < -0.3 is 16.4 Å². The topological polar surface area (TPSA) is 72.3 Å². The normalized spacial score (nSPS) is 17.1. The minimum Gasteiger partial charge on any atom is -0.399 e. The monoisotopic (exact) mass is 289 g/mol. The van der Waals surface area contributed by atoms with Gasteiger partial charge in [0.2, 0.25) is 5.91 Å². The number of benzene rings is 1. The molecule has 0 aromatic heterocycles. The molecule has 0 spiro atoms. The Morgan fingerprint density at radius 1 is 1.19 bits per heavy atom. The quantitative estimate of drug-likeness (QED) is 0.821. The number of hydrogen-bond donors (Lipinski definition) is 2. The van der Waals surface area contributed by atoms with Crippen LogP contribution < -0.4 is 11.5 Å². The van der Waals surface area contributed by atoms with Crippen LogP contribution in [0.2, 0.25) is 0 Å². The summed E-state index contributed by atoms with van der Waals surface area (Å²) in [7, 11) is 0. The van der Waals surface area contributed by atoms with Crippen LogP contribution in [0.25, 0.3) is 0 Å². The number of carbonyl (C=O) groups excluding carboxylic acids is 1. The van der Waals surface area contributed by atoms with Crippen LogP contribution >= 0.6 is 0 Å². The lowest BCUT2D eigenvalue weighted by atomic mass is 9.85. The van der Waals surface area contributed by atoms with Crippen molar-refractivity contribution in [2.24, 2.45) is 5.73 Å². The summed E-state index contributed by atoms with van der Waals surface area (Å²) in [6, 6.07) is 4.27. The predicted molar refractivity (Wildman–Crippen MR) is 87.1 cm³/mol. The standard InChI is InChI=1S/C17H27N3O/c1-11-10-15(18)12(2)9-14(11)13-5-7-20(8-6-13)16(21)17(3,4)19/h9-10,13H,5-8,18-19H2,1-4H3. The molecule has 0 bridgehead atoms. The van der Waals surface area contributed by atoms with Crippen LogP contribution in [0.3, 0.4) is 0 Å². The van der Waals surface area contributed by atoms with Crippen LogP contribution in [0.1, 0.15) is 49.3 Å². The van der Waals surface area contributed by atoms with Gasteiger partial charge in [-0.25, -0.2) is 0 Å². The molecule has 4 nitrogen and oxygen atoms in total. The number of rotatable bonds is 2. The maximum atomic E-state index is 12.2. The fourth-order valence-corrected chi connectivity index (χ4v) is 3.10. The first-order valence-electron chi connectivity index (χ1n) is 7.65. The van der Waals surface area contributed by atoms with Gasteiger partial charge in [-0.15, -0.1) is 0 Å². The van der Waals surface area contributed by atoms with Crippen LogP contribution in [0, 0.1) is 13.8 Å². The Bertz CT molecular complexity index is 538. The zero-order valence-corrected chi connectivity index (χ0v) is 13.6. The molecule has 1 fully saturated rings. The summed E-state index contributed by atoms with van der Waals surface area (Å²) < 4.78 is 0. The zero-order chi connectivity index (χ0) is 15.8. The summed E-state index contributed by atoms with van der Waals surface area (Å²) in [4.78, 5) is 14.1. The van der Waals surface area contributed by atoms with Crippen molar-refractivity contribution >= 4 is 11.6 Å². The molecule has 1 amide bonds. The highest BCUT2D eigenvalue weighted by Crippen LogP contribution is 2.32. The molecule has 1 aliphatic rings. The fourth-order valence-electron chi connectivity index (χ4n) is 3.10. The summed E-state index contributed by atoms with van der Waals surface area (Å²) in [5, 5.41) is 0. The van der Waals surface area contributed by atoms with E-state index in [0.717, 1.165) is 37.2 Å². The van der Waals surface area contributed by atoms with Crippen LogP contribution in [0.5, 0.6) is 0 Å². The van der Waals surface area contributed by atoms with Crippen molar-refractivity contribution in [3.63, 3.8) is 0 Å². The molecule has 2 rings (SSSR count). The van der Waals surface area contributed by atoms with Gasteiger partial charge in [0.05, 0.1) is 5.54 Å². The summed E-state index contributed by atoms with van der Waals surface area (Å²) in [6.07, 6.45) is 1.98. The number of nitrogen functional groups attached to an aromatic ring is 1. The number of piperidine rings is 1. The molecular weight excluding hydrogens is 262 g/mol. The van der Waals surface area contributed by atoms with Gasteiger partial charge in [-0.3, -0.25) is 4.79 Å². The summed E-state index contributed by atoms with van der Waals surface area (Å²) in [5.41, 5.74) is 15.7. The Morgan fingerprint density at radius 3 is 2.29 bits per heavy atom. The second kappa shape index (κ2) is 5.68. The van der Waals surface area contributed by atoms with Crippen molar-refractivity contribution in [2.45, 2.75) is 52.0 Å². The van der Waals surface area contributed by atoms with E-state index in [9.17, 15) is 4.79 Å². The van der Waals surface area contributed by atoms with Gasteiger partial charge in [0, 0.05) is 18.8 Å². The maximum Gasteiger partial charge on any atom is 0.242 e. The predicted octanol–water partition coefficient (Wildman–Crippen LogP) is 2.33. The van der Waals surface area contributed by atoms with Crippen molar-refractivity contribution < 1.29 is 4.79 Å². The minimum absolute atomic E-state index is 0.0474. The van der Waals surface area contributed by atoms with Crippen LogP contribution in [-0.4, -0.2) is 29.4 Å². The maximum absolute atomic E-state index is 12.2. The first-order valence-corrected chi connectivity index (χ1v) is 7.65. The molecule has 0 radical (unpaired) electrons. The summed E-state index contributed by atoms with van der Waals surface area (Å²) in [6.45, 7) is 9.28. The number of nitrogens with zero attached hydrogens (tertiary/aromatic N) is 1. The number of amides is 1. The number of carbonyl (C=O) groups is 1. The Hall–Kier alpha value is -1.55. The van der Waals surface area contributed by atoms with Crippen LogP contribution in [-0.2, 0) is 4.79 Å². The molecule has 0 saturated carbocycles. The number of likely N-dealkylation sites (tertiary alicyclic amines) is 1. The summed E-state index contributed by atoms with van der Waals surface area (Å²) in [5.74, 6) is 0.556. The van der Waals surface area contributed by atoms with E-state index >= 15 is 0 Å². The lowest BCUT2D eigenvalue weighted by Crippen LogP contribution is -2.53. The Balaban J connectivity index is 2.08. The van der Waals surface area contributed by atoms with E-state index in [1.54, 1.807) is 13.8 Å². The molecule has 0 atom stereocenters. The zero-order valence-electron chi connectivity index (χ0n) is 13.6. The first-order chi connectivity index (χ1) is 9.70. The van der Waals surface area contributed by atoms with Gasteiger partial charge in [-0.05, 0) is 69.2 Å². The largest absolute Gasteiger partial charge is 0.399 e. The van der Waals surface area contributed by atoms with Gasteiger partial charge >= 0.3 is 0 Å². The third-order valence-electron chi connectivity index (χ3n) is 4.43. The highest BCUT2D eigenvalue weighted by Gasteiger charge is 2.31. The smallest absolute Gasteiger partial charge is 0.242 e. The van der Waals surface area contributed by atoms with Gasteiger partial charge in [0.1, 0.15) is 0 Å². The molecule has 1 aromatic carbocycles. The van der Waals surface area contributed by atoms with E-state index in [0.29, 0.717) is 5.92 Å². The van der Waals surface area contributed by atoms with Crippen molar-refractivity contribution in [3.8, 4) is 0 Å². The molecule has 0 aliphatic carbocycles. The molecule has 1 aromatic rings. The molecule has 1 heterocycles. The SMILES string of the molecule is Cc1cc(C2CCN(C(=O)C(C)(C)N)CC2)c(C)cc1N. The Labute approximate surface area is 127 Å². The summed E-state index contributed by atoms with van der Waals surface area (Å²) >= 11 is 0. The number of nitrogens with two attached hydrogens (primary N) is 2. The second-order valence-corrected chi connectivity index (χ2v) is 6.85. The van der Waals surface area contributed by atoms with Crippen molar-refractivity contribution in [2.75, 3.05) is 18.8 Å². The number of hydrogen-bond acceptors (Lipinski definition) is 3. The van der Waals surface area contributed by atoms with Crippen molar-refractivity contribution in [3.05, 3.63) is 28.8 Å². The van der Waals surface area contributed by atoms with Crippen molar-refractivity contribution in [1.82, 2.24) is 4.90 Å². The number of anilines is 1. The van der Waals surface area contributed by atoms with E-state index in [4.69, 9.17) is 11.5 Å². The Morgan fingerprint density at radius 2 is 1.76 bits per heavy atom. The fraction of sp³-hybridized carbons (Fsp3) is 0.588. The van der Waals surface area contributed by atoms with E-state index in [2.05, 4.69) is 19.1 Å². The third-order valence-corrected chi connectivity index (χ3v) is 4.43. The molecule has 21 heavy (non-hydrogen) atoms. The lowest BCUT2D eigenvalue weighted by molar-refractivity contribution is -0.136. The third kappa shape index (κ3) is 3.38. The minimum atomic E-state index is -0.777. The van der Waals surface area contributed by atoms with Gasteiger partial charge in [0.15, 0.2) is 0 Å². The van der Waals surface area contributed by atoms with Gasteiger partial charge in [0.25, 0.3) is 0 Å². The highest BCUT2D eigenvalue weighted by molar-refractivity contribution is 5.85. The molecule has 0 unspecified atom stereocenters. The average molecular weight is 289 g/mol. The van der Waals surface area contributed by atoms with E-state index < -0.39 is 5.54 Å². The highest BCUT2D eigenvalue weighted by atomic mass is 16.2. The molecule has 4 N–H and O–H groups in total. The average Bonchev–Trinajstić information content (AvgIpc) is 2.41. The lowest BCUT2D eigenvalue weighted by Gasteiger charge is -2.36. The van der Waals surface area contributed by atoms with Crippen molar-refractivity contribution in [1.29, 1.82) is 0 Å². The molecular formula is C17H27N3O.